The predicted molar refractivity (Wildman–Crippen MR) is 73.5 cm³/mol. The van der Waals surface area contributed by atoms with Gasteiger partial charge in [0.15, 0.2) is 0 Å². The minimum absolute atomic E-state index is 0.0510. The third-order valence-electron chi connectivity index (χ3n) is 3.52. The Bertz CT molecular complexity index is 401. The number of hydrogen-bond acceptors (Lipinski definition) is 4. The van der Waals surface area contributed by atoms with Crippen LogP contribution in [-0.2, 0) is 4.79 Å². The van der Waals surface area contributed by atoms with Gasteiger partial charge in [0, 0.05) is 12.1 Å². The first-order valence-electron chi connectivity index (χ1n) is 6.90. The number of carbonyl (C=O) groups is 1. The fraction of sp³-hybridized carbons (Fsp3) is 0.643. The van der Waals surface area contributed by atoms with Gasteiger partial charge >= 0.3 is 0 Å². The highest BCUT2D eigenvalue weighted by molar-refractivity contribution is 5.78. The number of furan rings is 1. The van der Waals surface area contributed by atoms with Crippen molar-refractivity contribution >= 4 is 5.91 Å². The van der Waals surface area contributed by atoms with Crippen molar-refractivity contribution in [3.05, 3.63) is 24.2 Å². The Hall–Kier alpha value is -1.33. The summed E-state index contributed by atoms with van der Waals surface area (Å²) < 4.78 is 5.46. The van der Waals surface area contributed by atoms with Crippen LogP contribution in [0.1, 0.15) is 38.0 Å². The summed E-state index contributed by atoms with van der Waals surface area (Å²) in [6.07, 6.45) is 4.68. The molecule has 0 aliphatic heterocycles. The molecule has 5 heteroatoms. The fourth-order valence-electron chi connectivity index (χ4n) is 2.26. The molecule has 2 atom stereocenters. The average Bonchev–Trinajstić information content (AvgIpc) is 3.02. The maximum atomic E-state index is 11.9. The summed E-state index contributed by atoms with van der Waals surface area (Å²) >= 11 is 0. The molecule has 19 heavy (non-hydrogen) atoms. The molecular formula is C14H23N3O2. The first-order chi connectivity index (χ1) is 9.11. The quantitative estimate of drug-likeness (QED) is 0.779. The lowest BCUT2D eigenvalue weighted by Gasteiger charge is -2.30. The smallest absolute Gasteiger partial charge is 0.234 e. The summed E-state index contributed by atoms with van der Waals surface area (Å²) in [5.41, 5.74) is 6.17. The van der Waals surface area contributed by atoms with Gasteiger partial charge in [0.2, 0.25) is 5.91 Å². The Morgan fingerprint density at radius 1 is 1.63 bits per heavy atom. The van der Waals surface area contributed by atoms with Crippen LogP contribution in [0.5, 0.6) is 0 Å². The second-order valence-electron chi connectivity index (χ2n) is 5.29. The number of hydrogen-bond donors (Lipinski definition) is 2. The van der Waals surface area contributed by atoms with Crippen LogP contribution in [0.2, 0.25) is 0 Å². The van der Waals surface area contributed by atoms with E-state index in [-0.39, 0.29) is 18.0 Å². The standard InChI is InChI=1S/C14H23N3O2/c1-3-11(15)14(12-5-4-8-19-12)17(2)9-13(18)16-10-6-7-10/h4-5,8,10-11,14H,3,6-7,9,15H2,1-2H3,(H,16,18). The second-order valence-corrected chi connectivity index (χ2v) is 5.29. The Balaban J connectivity index is 1.98. The second kappa shape index (κ2) is 6.21. The lowest BCUT2D eigenvalue weighted by atomic mass is 10.0. The summed E-state index contributed by atoms with van der Waals surface area (Å²) in [5.74, 6) is 0.876. The lowest BCUT2D eigenvalue weighted by molar-refractivity contribution is -0.122. The first kappa shape index (κ1) is 14.1. The van der Waals surface area contributed by atoms with E-state index in [1.807, 2.05) is 31.0 Å². The van der Waals surface area contributed by atoms with Gasteiger partial charge in [-0.2, -0.15) is 0 Å². The van der Waals surface area contributed by atoms with Crippen molar-refractivity contribution in [1.82, 2.24) is 10.2 Å². The molecule has 1 aliphatic carbocycles. The van der Waals surface area contributed by atoms with Crippen molar-refractivity contribution in [3.8, 4) is 0 Å². The zero-order chi connectivity index (χ0) is 13.8. The number of nitrogens with zero attached hydrogens (tertiary/aromatic N) is 1. The zero-order valence-corrected chi connectivity index (χ0v) is 11.6. The Morgan fingerprint density at radius 2 is 2.37 bits per heavy atom. The number of likely N-dealkylation sites (N-methyl/N-ethyl adjacent to an activating group) is 1. The highest BCUT2D eigenvalue weighted by Gasteiger charge is 2.29. The van der Waals surface area contributed by atoms with Gasteiger partial charge < -0.3 is 15.5 Å². The molecule has 1 aromatic heterocycles. The summed E-state index contributed by atoms with van der Waals surface area (Å²) in [5, 5.41) is 2.99. The van der Waals surface area contributed by atoms with Crippen LogP contribution in [0.15, 0.2) is 22.8 Å². The summed E-state index contributed by atoms with van der Waals surface area (Å²) in [7, 11) is 1.91. The van der Waals surface area contributed by atoms with E-state index in [2.05, 4.69) is 5.32 Å². The molecule has 1 fully saturated rings. The lowest BCUT2D eigenvalue weighted by Crippen LogP contribution is -2.43. The van der Waals surface area contributed by atoms with Gasteiger partial charge in [0.05, 0.1) is 18.8 Å². The number of nitrogens with two attached hydrogens (primary N) is 1. The maximum absolute atomic E-state index is 11.9. The SMILES string of the molecule is CCC(N)C(c1ccco1)N(C)CC(=O)NC1CC1. The maximum Gasteiger partial charge on any atom is 0.234 e. The highest BCUT2D eigenvalue weighted by atomic mass is 16.3. The fourth-order valence-corrected chi connectivity index (χ4v) is 2.26. The molecule has 1 aliphatic rings. The summed E-state index contributed by atoms with van der Waals surface area (Å²) in [6.45, 7) is 2.38. The zero-order valence-electron chi connectivity index (χ0n) is 11.6. The summed E-state index contributed by atoms with van der Waals surface area (Å²) in [6, 6.07) is 4.04. The Labute approximate surface area is 114 Å². The van der Waals surface area contributed by atoms with Crippen molar-refractivity contribution in [2.45, 2.75) is 44.3 Å². The molecule has 0 bridgehead atoms. The molecule has 2 rings (SSSR count). The minimum Gasteiger partial charge on any atom is -0.468 e. The van der Waals surface area contributed by atoms with E-state index in [0.29, 0.717) is 12.6 Å². The molecule has 0 radical (unpaired) electrons. The van der Waals surface area contributed by atoms with Gasteiger partial charge in [-0.1, -0.05) is 6.92 Å². The van der Waals surface area contributed by atoms with Crippen LogP contribution >= 0.6 is 0 Å². The number of nitrogens with one attached hydrogen (secondary N) is 1. The molecule has 1 aromatic rings. The van der Waals surface area contributed by atoms with Crippen molar-refractivity contribution in [2.75, 3.05) is 13.6 Å². The van der Waals surface area contributed by atoms with E-state index in [0.717, 1.165) is 25.0 Å². The van der Waals surface area contributed by atoms with Crippen LogP contribution in [0.4, 0.5) is 0 Å². The molecule has 1 heterocycles. The van der Waals surface area contributed by atoms with Gasteiger partial charge in [0.25, 0.3) is 0 Å². The average molecular weight is 265 g/mol. The van der Waals surface area contributed by atoms with Crippen molar-refractivity contribution in [2.24, 2.45) is 5.73 Å². The molecule has 5 nitrogen and oxygen atoms in total. The summed E-state index contributed by atoms with van der Waals surface area (Å²) in [4.78, 5) is 13.8. The third kappa shape index (κ3) is 3.81. The number of rotatable bonds is 7. The molecule has 1 amide bonds. The Morgan fingerprint density at radius 3 is 2.89 bits per heavy atom. The van der Waals surface area contributed by atoms with E-state index in [4.69, 9.17) is 10.2 Å². The van der Waals surface area contributed by atoms with Crippen molar-refractivity contribution in [3.63, 3.8) is 0 Å². The molecule has 0 aromatic carbocycles. The molecular weight excluding hydrogens is 242 g/mol. The van der Waals surface area contributed by atoms with Crippen LogP contribution in [0.3, 0.4) is 0 Å². The molecule has 0 spiro atoms. The first-order valence-corrected chi connectivity index (χ1v) is 6.90. The molecule has 3 N–H and O–H groups in total. The molecule has 1 saturated carbocycles. The number of carbonyl (C=O) groups excluding carboxylic acids is 1. The predicted octanol–water partition coefficient (Wildman–Crippen LogP) is 1.27. The number of amides is 1. The molecule has 106 valence electrons. The van der Waals surface area contributed by atoms with Crippen molar-refractivity contribution in [1.29, 1.82) is 0 Å². The minimum atomic E-state index is -0.0649. The normalized spacial score (nSPS) is 18.3. The largest absolute Gasteiger partial charge is 0.468 e. The Kier molecular flexibility index (Phi) is 4.61. The molecule has 0 saturated heterocycles. The topological polar surface area (TPSA) is 71.5 Å². The van der Waals surface area contributed by atoms with E-state index in [9.17, 15) is 4.79 Å². The van der Waals surface area contributed by atoms with Gasteiger partial charge in [0.1, 0.15) is 5.76 Å². The monoisotopic (exact) mass is 265 g/mol. The van der Waals surface area contributed by atoms with Crippen LogP contribution in [0, 0.1) is 0 Å². The van der Waals surface area contributed by atoms with Crippen LogP contribution in [-0.4, -0.2) is 36.5 Å². The van der Waals surface area contributed by atoms with Crippen LogP contribution in [0.25, 0.3) is 0 Å². The van der Waals surface area contributed by atoms with Crippen LogP contribution < -0.4 is 11.1 Å². The van der Waals surface area contributed by atoms with E-state index in [1.54, 1.807) is 6.26 Å². The van der Waals surface area contributed by atoms with E-state index >= 15 is 0 Å². The van der Waals surface area contributed by atoms with Gasteiger partial charge in [-0.25, -0.2) is 0 Å². The van der Waals surface area contributed by atoms with E-state index in [1.165, 1.54) is 0 Å². The van der Waals surface area contributed by atoms with Crippen molar-refractivity contribution < 1.29 is 9.21 Å². The van der Waals surface area contributed by atoms with Gasteiger partial charge in [-0.15, -0.1) is 0 Å². The highest BCUT2D eigenvalue weighted by Crippen LogP contribution is 2.24. The van der Waals surface area contributed by atoms with Gasteiger partial charge in [-0.3, -0.25) is 9.69 Å². The third-order valence-corrected chi connectivity index (χ3v) is 3.52. The van der Waals surface area contributed by atoms with Gasteiger partial charge in [-0.05, 0) is 38.4 Å². The molecule has 2 unspecified atom stereocenters. The van der Waals surface area contributed by atoms with E-state index < -0.39 is 0 Å².